The minimum absolute atomic E-state index is 0.429. The van der Waals surface area contributed by atoms with Crippen molar-refractivity contribution in [3.63, 3.8) is 0 Å². The first-order chi connectivity index (χ1) is 11.4. The molecule has 24 heavy (non-hydrogen) atoms. The highest BCUT2D eigenvalue weighted by Gasteiger charge is 2.29. The molecule has 1 saturated carbocycles. The van der Waals surface area contributed by atoms with Crippen LogP contribution in [0, 0.1) is 6.92 Å². The Morgan fingerprint density at radius 2 is 1.62 bits per heavy atom. The van der Waals surface area contributed by atoms with Gasteiger partial charge in [-0.15, -0.1) is 0 Å². The molecule has 0 atom stereocenters. The van der Waals surface area contributed by atoms with E-state index in [0.29, 0.717) is 23.4 Å². The molecular weight excluding hydrogens is 317 g/mol. The smallest absolute Gasteiger partial charge is 0.367 e. The Labute approximate surface area is 138 Å². The van der Waals surface area contributed by atoms with E-state index in [4.69, 9.17) is 0 Å². The average Bonchev–Trinajstić information content (AvgIpc) is 2.99. The topological polar surface area (TPSA) is 49.8 Å². The molecule has 0 saturated heterocycles. The Morgan fingerprint density at radius 1 is 1.00 bits per heavy atom. The molecular formula is C17H19F3N4. The van der Waals surface area contributed by atoms with Gasteiger partial charge in [0.2, 0.25) is 0 Å². The number of benzene rings is 1. The van der Waals surface area contributed by atoms with Crippen LogP contribution in [-0.2, 0) is 6.18 Å². The molecule has 3 rings (SSSR count). The maximum Gasteiger partial charge on any atom is 0.416 e. The number of anilines is 3. The second-order valence-electron chi connectivity index (χ2n) is 6.01. The predicted octanol–water partition coefficient (Wildman–Crippen LogP) is 4.90. The van der Waals surface area contributed by atoms with Crippen LogP contribution in [0.25, 0.3) is 0 Å². The fourth-order valence-corrected chi connectivity index (χ4v) is 2.88. The molecule has 1 fully saturated rings. The molecule has 0 unspecified atom stereocenters. The summed E-state index contributed by atoms with van der Waals surface area (Å²) >= 11 is 0. The Morgan fingerprint density at radius 3 is 2.25 bits per heavy atom. The molecule has 0 aliphatic heterocycles. The first kappa shape index (κ1) is 16.5. The van der Waals surface area contributed by atoms with Crippen molar-refractivity contribution in [3.8, 4) is 0 Å². The van der Waals surface area contributed by atoms with Crippen LogP contribution in [0.3, 0.4) is 0 Å². The van der Waals surface area contributed by atoms with Crippen LogP contribution in [0.5, 0.6) is 0 Å². The fourth-order valence-electron chi connectivity index (χ4n) is 2.88. The second-order valence-corrected chi connectivity index (χ2v) is 6.01. The van der Waals surface area contributed by atoms with Gasteiger partial charge >= 0.3 is 6.18 Å². The van der Waals surface area contributed by atoms with Crippen molar-refractivity contribution in [2.75, 3.05) is 10.6 Å². The van der Waals surface area contributed by atoms with Crippen LogP contribution in [0.15, 0.2) is 30.3 Å². The van der Waals surface area contributed by atoms with Crippen molar-refractivity contribution in [1.82, 2.24) is 9.97 Å². The number of aromatic nitrogens is 2. The van der Waals surface area contributed by atoms with Crippen LogP contribution >= 0.6 is 0 Å². The SMILES string of the molecule is Cc1nc(Nc2ccc(C(F)(F)F)cc2)cc(NC2CCCC2)n1. The summed E-state index contributed by atoms with van der Waals surface area (Å²) in [6.45, 7) is 1.79. The molecule has 1 aliphatic carbocycles. The van der Waals surface area contributed by atoms with Gasteiger partial charge in [-0.05, 0) is 44.0 Å². The van der Waals surface area contributed by atoms with Crippen LogP contribution in [0.4, 0.5) is 30.5 Å². The Balaban J connectivity index is 1.73. The number of nitrogens with one attached hydrogen (secondary N) is 2. The molecule has 1 heterocycles. The Bertz CT molecular complexity index is 692. The van der Waals surface area contributed by atoms with E-state index >= 15 is 0 Å². The van der Waals surface area contributed by atoms with Gasteiger partial charge in [-0.3, -0.25) is 0 Å². The monoisotopic (exact) mass is 336 g/mol. The maximum absolute atomic E-state index is 12.6. The highest BCUT2D eigenvalue weighted by atomic mass is 19.4. The second kappa shape index (κ2) is 6.67. The van der Waals surface area contributed by atoms with E-state index in [0.717, 1.165) is 30.8 Å². The van der Waals surface area contributed by atoms with E-state index in [9.17, 15) is 13.2 Å². The summed E-state index contributed by atoms with van der Waals surface area (Å²) in [7, 11) is 0. The molecule has 7 heteroatoms. The third-order valence-electron chi connectivity index (χ3n) is 4.03. The van der Waals surface area contributed by atoms with E-state index in [-0.39, 0.29) is 0 Å². The van der Waals surface area contributed by atoms with E-state index < -0.39 is 11.7 Å². The highest BCUT2D eigenvalue weighted by molar-refractivity contribution is 5.59. The molecule has 1 aromatic carbocycles. The van der Waals surface area contributed by atoms with Crippen LogP contribution in [0.2, 0.25) is 0 Å². The summed E-state index contributed by atoms with van der Waals surface area (Å²) in [6, 6.07) is 7.10. The van der Waals surface area contributed by atoms with Crippen molar-refractivity contribution >= 4 is 17.3 Å². The molecule has 0 bridgehead atoms. The molecule has 1 aromatic heterocycles. The lowest BCUT2D eigenvalue weighted by Crippen LogP contribution is -2.16. The standard InChI is InChI=1S/C17H19F3N4/c1-11-21-15(23-13-4-2-3-5-13)10-16(22-11)24-14-8-6-12(7-9-14)17(18,19)20/h6-10,13H,2-5H2,1H3,(H2,21,22,23,24). The summed E-state index contributed by atoms with van der Waals surface area (Å²) in [5.74, 6) is 1.90. The first-order valence-electron chi connectivity index (χ1n) is 7.97. The van der Waals surface area contributed by atoms with Crippen molar-refractivity contribution in [2.24, 2.45) is 0 Å². The van der Waals surface area contributed by atoms with Gasteiger partial charge in [0.1, 0.15) is 17.5 Å². The molecule has 0 spiro atoms. The predicted molar refractivity (Wildman–Crippen MR) is 87.4 cm³/mol. The van der Waals surface area contributed by atoms with Gasteiger partial charge in [-0.1, -0.05) is 12.8 Å². The molecule has 0 radical (unpaired) electrons. The number of nitrogens with zero attached hydrogens (tertiary/aromatic N) is 2. The highest BCUT2D eigenvalue weighted by Crippen LogP contribution is 2.30. The largest absolute Gasteiger partial charge is 0.416 e. The van der Waals surface area contributed by atoms with Crippen molar-refractivity contribution < 1.29 is 13.2 Å². The number of rotatable bonds is 4. The zero-order valence-corrected chi connectivity index (χ0v) is 13.3. The van der Waals surface area contributed by atoms with E-state index in [1.165, 1.54) is 25.0 Å². The third-order valence-corrected chi connectivity index (χ3v) is 4.03. The van der Waals surface area contributed by atoms with Gasteiger partial charge in [0.15, 0.2) is 0 Å². The lowest BCUT2D eigenvalue weighted by Gasteiger charge is -2.14. The van der Waals surface area contributed by atoms with Gasteiger partial charge in [-0.25, -0.2) is 9.97 Å². The van der Waals surface area contributed by atoms with E-state index in [1.54, 1.807) is 13.0 Å². The maximum atomic E-state index is 12.6. The van der Waals surface area contributed by atoms with Gasteiger partial charge in [-0.2, -0.15) is 13.2 Å². The fraction of sp³-hybridized carbons (Fsp3) is 0.412. The molecule has 2 N–H and O–H groups in total. The Hall–Kier alpha value is -2.31. The van der Waals surface area contributed by atoms with E-state index in [1.807, 2.05) is 0 Å². The summed E-state index contributed by atoms with van der Waals surface area (Å²) in [4.78, 5) is 8.66. The molecule has 0 amide bonds. The van der Waals surface area contributed by atoms with Gasteiger partial charge < -0.3 is 10.6 Å². The summed E-state index contributed by atoms with van der Waals surface area (Å²) in [5.41, 5.74) is -0.122. The Kier molecular flexibility index (Phi) is 4.59. The zero-order valence-electron chi connectivity index (χ0n) is 13.3. The summed E-state index contributed by atoms with van der Waals surface area (Å²) in [5, 5.41) is 6.43. The number of hydrogen-bond donors (Lipinski definition) is 2. The molecule has 4 nitrogen and oxygen atoms in total. The third kappa shape index (κ3) is 4.15. The lowest BCUT2D eigenvalue weighted by atomic mass is 10.2. The van der Waals surface area contributed by atoms with Crippen LogP contribution < -0.4 is 10.6 Å². The molecule has 2 aromatic rings. The van der Waals surface area contributed by atoms with Crippen LogP contribution in [-0.4, -0.2) is 16.0 Å². The number of halogens is 3. The quantitative estimate of drug-likeness (QED) is 0.833. The number of alkyl halides is 3. The average molecular weight is 336 g/mol. The van der Waals surface area contributed by atoms with Crippen LogP contribution in [0.1, 0.15) is 37.1 Å². The van der Waals surface area contributed by atoms with Gasteiger partial charge in [0.25, 0.3) is 0 Å². The summed E-state index contributed by atoms with van der Waals surface area (Å²) < 4.78 is 37.8. The van der Waals surface area contributed by atoms with Gasteiger partial charge in [0, 0.05) is 17.8 Å². The number of hydrogen-bond acceptors (Lipinski definition) is 4. The first-order valence-corrected chi connectivity index (χ1v) is 7.97. The summed E-state index contributed by atoms with van der Waals surface area (Å²) in [6.07, 6.45) is 0.370. The normalized spacial score (nSPS) is 15.5. The zero-order chi connectivity index (χ0) is 17.2. The molecule has 128 valence electrons. The minimum Gasteiger partial charge on any atom is -0.367 e. The lowest BCUT2D eigenvalue weighted by molar-refractivity contribution is -0.137. The van der Waals surface area contributed by atoms with E-state index in [2.05, 4.69) is 20.6 Å². The molecule has 1 aliphatic rings. The van der Waals surface area contributed by atoms with Crippen molar-refractivity contribution in [1.29, 1.82) is 0 Å². The number of aryl methyl sites for hydroxylation is 1. The van der Waals surface area contributed by atoms with Gasteiger partial charge in [0.05, 0.1) is 5.56 Å². The van der Waals surface area contributed by atoms with Crippen molar-refractivity contribution in [2.45, 2.75) is 44.8 Å². The minimum atomic E-state index is -4.33. The van der Waals surface area contributed by atoms with Crippen molar-refractivity contribution in [3.05, 3.63) is 41.7 Å².